The first-order chi connectivity index (χ1) is 18.5. The summed E-state index contributed by atoms with van der Waals surface area (Å²) in [4.78, 5) is 23.1. The van der Waals surface area contributed by atoms with Gasteiger partial charge in [-0.05, 0) is 44.5 Å². The summed E-state index contributed by atoms with van der Waals surface area (Å²) in [7, 11) is 0. The summed E-state index contributed by atoms with van der Waals surface area (Å²) in [6.45, 7) is 4.29. The third-order valence-electron chi connectivity index (χ3n) is 7.13. The zero-order valence-corrected chi connectivity index (χ0v) is 22.1. The summed E-state index contributed by atoms with van der Waals surface area (Å²) in [5, 5.41) is 19.5. The van der Waals surface area contributed by atoms with Gasteiger partial charge in [0.05, 0.1) is 36.4 Å². The standard InChI is InChI=1S/C26H28ClF4N5O3/c1-3-34(16-4-5-22(28)21(27)9-16)25(38)23-10-17(35-6-7-39-14-18(35)13-37)12-36(23)24-19(11-32)20(26(29,30)31)8-15(2)33-24/h4-5,8-9,17-18,23,37H,3,6-7,10,12-14H2,1-2H3/t17?,18-,23?/m1/s1. The zero-order chi connectivity index (χ0) is 28.5. The maximum absolute atomic E-state index is 14.0. The van der Waals surface area contributed by atoms with Crippen LogP contribution in [0.25, 0.3) is 0 Å². The number of alkyl halides is 3. The number of aromatic nitrogens is 1. The van der Waals surface area contributed by atoms with E-state index in [0.717, 1.165) is 12.1 Å². The van der Waals surface area contributed by atoms with Gasteiger partial charge in [0.25, 0.3) is 0 Å². The SMILES string of the molecule is CCN(C(=O)C1CC(N2CCOC[C@H]2CO)CN1c1nc(C)cc(C(F)(F)F)c1C#N)c1ccc(F)c(Cl)c1. The molecule has 8 nitrogen and oxygen atoms in total. The van der Waals surface area contributed by atoms with E-state index < -0.39 is 35.1 Å². The lowest BCUT2D eigenvalue weighted by Gasteiger charge is -2.38. The Morgan fingerprint density at radius 1 is 1.36 bits per heavy atom. The van der Waals surface area contributed by atoms with Crippen LogP contribution in [0.15, 0.2) is 24.3 Å². The molecule has 0 aliphatic carbocycles. The molecule has 2 aliphatic rings. The van der Waals surface area contributed by atoms with Crippen LogP contribution >= 0.6 is 11.6 Å². The first-order valence-corrected chi connectivity index (χ1v) is 12.8. The number of aryl methyl sites for hydroxylation is 1. The Labute approximate surface area is 228 Å². The Kier molecular flexibility index (Phi) is 8.66. The molecule has 1 aromatic carbocycles. The van der Waals surface area contributed by atoms with Gasteiger partial charge in [0.15, 0.2) is 0 Å². The van der Waals surface area contributed by atoms with E-state index in [9.17, 15) is 32.7 Å². The summed E-state index contributed by atoms with van der Waals surface area (Å²) < 4.78 is 61.0. The van der Waals surface area contributed by atoms with Crippen LogP contribution in [0.1, 0.15) is 30.2 Å². The lowest BCUT2D eigenvalue weighted by molar-refractivity contribution is -0.137. The van der Waals surface area contributed by atoms with Crippen LogP contribution in [-0.2, 0) is 15.7 Å². The van der Waals surface area contributed by atoms with Gasteiger partial charge in [0.2, 0.25) is 5.91 Å². The second-order valence-corrected chi connectivity index (χ2v) is 9.91. The lowest BCUT2D eigenvalue weighted by Crippen LogP contribution is -2.53. The Morgan fingerprint density at radius 3 is 2.72 bits per heavy atom. The normalized spacial score (nSPS) is 22.1. The molecule has 210 valence electrons. The molecule has 2 unspecified atom stereocenters. The molecule has 1 N–H and O–H groups in total. The third kappa shape index (κ3) is 5.82. The number of nitriles is 1. The van der Waals surface area contributed by atoms with Crippen LogP contribution in [0, 0.1) is 24.1 Å². The van der Waals surface area contributed by atoms with E-state index in [1.165, 1.54) is 28.9 Å². The number of likely N-dealkylation sites (N-methyl/N-ethyl adjacent to an activating group) is 1. The second-order valence-electron chi connectivity index (χ2n) is 9.51. The molecular formula is C26H28ClF4N5O3. The zero-order valence-electron chi connectivity index (χ0n) is 21.4. The van der Waals surface area contributed by atoms with Gasteiger partial charge in [-0.25, -0.2) is 9.37 Å². The number of hydrogen-bond acceptors (Lipinski definition) is 7. The fourth-order valence-electron chi connectivity index (χ4n) is 5.33. The monoisotopic (exact) mass is 569 g/mol. The largest absolute Gasteiger partial charge is 0.417 e. The number of amides is 1. The molecule has 1 amide bonds. The Hall–Kier alpha value is -2.98. The van der Waals surface area contributed by atoms with E-state index in [2.05, 4.69) is 4.98 Å². The third-order valence-corrected chi connectivity index (χ3v) is 7.42. The average molecular weight is 570 g/mol. The number of aliphatic hydroxyl groups excluding tert-OH is 1. The molecule has 0 bridgehead atoms. The van der Waals surface area contributed by atoms with Crippen molar-refractivity contribution in [3.63, 3.8) is 0 Å². The minimum absolute atomic E-state index is 0.0447. The molecule has 1 aromatic heterocycles. The Morgan fingerprint density at radius 2 is 2.10 bits per heavy atom. The number of morpholine rings is 1. The van der Waals surface area contributed by atoms with Gasteiger partial charge in [-0.2, -0.15) is 18.4 Å². The number of ether oxygens (including phenoxy) is 1. The highest BCUT2D eigenvalue weighted by Crippen LogP contribution is 2.39. The highest BCUT2D eigenvalue weighted by atomic mass is 35.5. The van der Waals surface area contributed by atoms with E-state index in [1.54, 1.807) is 13.0 Å². The van der Waals surface area contributed by atoms with Gasteiger partial charge >= 0.3 is 6.18 Å². The molecule has 13 heteroatoms. The molecule has 2 aromatic rings. The fraction of sp³-hybridized carbons (Fsp3) is 0.500. The van der Waals surface area contributed by atoms with Crippen molar-refractivity contribution in [3.05, 3.63) is 51.9 Å². The lowest BCUT2D eigenvalue weighted by atomic mass is 10.1. The predicted octanol–water partition coefficient (Wildman–Crippen LogP) is 3.77. The fourth-order valence-corrected chi connectivity index (χ4v) is 5.50. The van der Waals surface area contributed by atoms with E-state index in [4.69, 9.17) is 16.3 Å². The van der Waals surface area contributed by atoms with Gasteiger partial charge in [-0.3, -0.25) is 9.69 Å². The molecule has 3 heterocycles. The molecule has 0 saturated carbocycles. The van der Waals surface area contributed by atoms with Crippen molar-refractivity contribution in [1.29, 1.82) is 5.26 Å². The first-order valence-electron chi connectivity index (χ1n) is 12.5. The molecule has 0 radical (unpaired) electrons. The molecular weight excluding hydrogens is 542 g/mol. The van der Waals surface area contributed by atoms with Crippen LogP contribution in [0.4, 0.5) is 29.1 Å². The van der Waals surface area contributed by atoms with Crippen molar-refractivity contribution in [2.45, 2.75) is 44.6 Å². The average Bonchev–Trinajstić information content (AvgIpc) is 3.35. The molecule has 0 spiro atoms. The van der Waals surface area contributed by atoms with Crippen molar-refractivity contribution in [2.75, 3.05) is 49.3 Å². The van der Waals surface area contributed by atoms with E-state index in [-0.39, 0.29) is 61.3 Å². The number of benzene rings is 1. The Balaban J connectivity index is 1.81. The smallest absolute Gasteiger partial charge is 0.395 e. The predicted molar refractivity (Wildman–Crippen MR) is 136 cm³/mol. The summed E-state index contributed by atoms with van der Waals surface area (Å²) in [6.07, 6.45) is -4.61. The first kappa shape index (κ1) is 29.0. The minimum atomic E-state index is -4.81. The molecule has 39 heavy (non-hydrogen) atoms. The maximum Gasteiger partial charge on any atom is 0.417 e. The molecule has 2 saturated heterocycles. The van der Waals surface area contributed by atoms with Gasteiger partial charge in [0, 0.05) is 37.1 Å². The molecule has 4 rings (SSSR count). The quantitative estimate of drug-likeness (QED) is 0.530. The molecule has 3 atom stereocenters. The number of anilines is 2. The topological polar surface area (TPSA) is 92.9 Å². The number of hydrogen-bond donors (Lipinski definition) is 1. The van der Waals surface area contributed by atoms with Gasteiger partial charge in [0.1, 0.15) is 29.3 Å². The van der Waals surface area contributed by atoms with E-state index >= 15 is 0 Å². The van der Waals surface area contributed by atoms with Gasteiger partial charge in [-0.15, -0.1) is 0 Å². The summed E-state index contributed by atoms with van der Waals surface area (Å²) >= 11 is 5.96. The number of aliphatic hydroxyl groups is 1. The number of halogens is 5. The summed E-state index contributed by atoms with van der Waals surface area (Å²) in [6, 6.07) is 4.61. The number of pyridine rings is 1. The highest BCUT2D eigenvalue weighted by Gasteiger charge is 2.46. The minimum Gasteiger partial charge on any atom is -0.395 e. The molecule has 2 aliphatic heterocycles. The number of nitrogens with zero attached hydrogens (tertiary/aromatic N) is 5. The van der Waals surface area contributed by atoms with Crippen LogP contribution < -0.4 is 9.80 Å². The Bertz CT molecular complexity index is 1270. The summed E-state index contributed by atoms with van der Waals surface area (Å²) in [5.41, 5.74) is -1.42. The molecule has 2 fully saturated rings. The number of rotatable bonds is 6. The maximum atomic E-state index is 14.0. The van der Waals surface area contributed by atoms with Crippen molar-refractivity contribution in [2.24, 2.45) is 0 Å². The van der Waals surface area contributed by atoms with E-state index in [0.29, 0.717) is 18.8 Å². The summed E-state index contributed by atoms with van der Waals surface area (Å²) in [5.74, 6) is -1.35. The van der Waals surface area contributed by atoms with Crippen LogP contribution in [0.3, 0.4) is 0 Å². The number of carbonyl (C=O) groups excluding carboxylic acids is 1. The van der Waals surface area contributed by atoms with E-state index in [1.807, 2.05) is 4.90 Å². The number of carbonyl (C=O) groups is 1. The van der Waals surface area contributed by atoms with Crippen molar-refractivity contribution in [3.8, 4) is 6.07 Å². The highest BCUT2D eigenvalue weighted by molar-refractivity contribution is 6.31. The van der Waals surface area contributed by atoms with Crippen molar-refractivity contribution < 1.29 is 32.2 Å². The second kappa shape index (κ2) is 11.6. The van der Waals surface area contributed by atoms with Crippen LogP contribution in [0.5, 0.6) is 0 Å². The van der Waals surface area contributed by atoms with Gasteiger partial charge < -0.3 is 19.6 Å². The van der Waals surface area contributed by atoms with Crippen molar-refractivity contribution in [1.82, 2.24) is 9.88 Å². The van der Waals surface area contributed by atoms with Gasteiger partial charge in [-0.1, -0.05) is 11.6 Å². The van der Waals surface area contributed by atoms with Crippen LogP contribution in [0.2, 0.25) is 5.02 Å². The van der Waals surface area contributed by atoms with Crippen molar-refractivity contribution >= 4 is 29.0 Å². The van der Waals surface area contributed by atoms with Crippen LogP contribution in [-0.4, -0.2) is 78.5 Å².